The molecule has 0 heterocycles. The second-order valence-corrected chi connectivity index (χ2v) is 2.56. The predicted octanol–water partition coefficient (Wildman–Crippen LogP) is -0.395. The maximum atomic E-state index is 9.62. The number of hydrogen-bond donors (Lipinski definition) is 2. The fourth-order valence-electron chi connectivity index (χ4n) is 0.730. The summed E-state index contributed by atoms with van der Waals surface area (Å²) in [6.45, 7) is -0.0729. The number of aliphatic hydroxyl groups is 1. The number of nitrogens with zero attached hydrogens (tertiary/aromatic N) is 1. The van der Waals surface area contributed by atoms with Crippen LogP contribution >= 0.6 is 0 Å². The molecule has 0 aliphatic heterocycles. The second kappa shape index (κ2) is 2.04. The summed E-state index contributed by atoms with van der Waals surface area (Å²) in [6.07, 6.45) is 0.892. The summed E-state index contributed by atoms with van der Waals surface area (Å²) in [5.41, 5.74) is 5.05. The number of rotatable bonds is 3. The summed E-state index contributed by atoms with van der Waals surface area (Å²) >= 11 is 0. The van der Waals surface area contributed by atoms with E-state index in [2.05, 4.69) is 5.18 Å². The lowest BCUT2D eigenvalue weighted by atomic mass is 10.1. The third kappa shape index (κ3) is 1.25. The fraction of sp³-hybridized carbons (Fsp3) is 1.00. The number of nitroso groups, excluding NO2 is 1. The van der Waals surface area contributed by atoms with Crippen LogP contribution in [-0.2, 0) is 0 Å². The molecule has 9 heavy (non-hydrogen) atoms. The van der Waals surface area contributed by atoms with E-state index in [0.717, 1.165) is 12.8 Å². The van der Waals surface area contributed by atoms with Crippen molar-refractivity contribution in [1.29, 1.82) is 0 Å². The zero-order valence-electron chi connectivity index (χ0n) is 5.08. The highest BCUT2D eigenvalue weighted by Crippen LogP contribution is 2.35. The minimum absolute atomic E-state index is 0.0729. The second-order valence-electron chi connectivity index (χ2n) is 2.56. The number of nitrogens with two attached hydrogens (primary N) is 1. The summed E-state index contributed by atoms with van der Waals surface area (Å²) in [4.78, 5) is 9.62. The van der Waals surface area contributed by atoms with E-state index in [4.69, 9.17) is 10.8 Å². The molecule has 3 N–H and O–H groups in total. The van der Waals surface area contributed by atoms with Crippen molar-refractivity contribution in [2.24, 2.45) is 10.9 Å². The van der Waals surface area contributed by atoms with Gasteiger partial charge in [0.1, 0.15) is 6.54 Å². The Kier molecular flexibility index (Phi) is 1.50. The van der Waals surface area contributed by atoms with E-state index < -0.39 is 11.6 Å². The van der Waals surface area contributed by atoms with Gasteiger partial charge in [-0.15, -0.1) is 0 Å². The van der Waals surface area contributed by atoms with Crippen LogP contribution < -0.4 is 5.73 Å². The molecule has 1 atom stereocenters. The molecule has 1 aliphatic carbocycles. The van der Waals surface area contributed by atoms with E-state index in [9.17, 15) is 4.91 Å². The molecule has 0 aromatic rings. The minimum atomic E-state index is -0.727. The zero-order chi connectivity index (χ0) is 6.91. The van der Waals surface area contributed by atoms with Crippen LogP contribution in [-0.4, -0.2) is 23.3 Å². The van der Waals surface area contributed by atoms with Crippen LogP contribution in [0.5, 0.6) is 0 Å². The lowest BCUT2D eigenvalue weighted by Gasteiger charge is -2.12. The van der Waals surface area contributed by atoms with E-state index in [1.165, 1.54) is 0 Å². The molecule has 4 nitrogen and oxygen atoms in total. The highest BCUT2D eigenvalue weighted by Gasteiger charge is 2.45. The Morgan fingerprint density at radius 3 is 2.67 bits per heavy atom. The fourth-order valence-corrected chi connectivity index (χ4v) is 0.730. The van der Waals surface area contributed by atoms with Gasteiger partial charge >= 0.3 is 0 Å². The molecule has 1 fully saturated rings. The SMILES string of the molecule is NC1(C(O)CN=O)CC1. The van der Waals surface area contributed by atoms with E-state index in [0.29, 0.717) is 0 Å². The lowest BCUT2D eigenvalue weighted by Crippen LogP contribution is -2.38. The Bertz CT molecular complexity index is 122. The van der Waals surface area contributed by atoms with Gasteiger partial charge < -0.3 is 10.8 Å². The van der Waals surface area contributed by atoms with E-state index in [1.807, 2.05) is 0 Å². The Balaban J connectivity index is 2.32. The maximum absolute atomic E-state index is 9.62. The smallest absolute Gasteiger partial charge is 0.109 e. The van der Waals surface area contributed by atoms with Crippen molar-refractivity contribution in [3.8, 4) is 0 Å². The van der Waals surface area contributed by atoms with Crippen LogP contribution in [0.1, 0.15) is 12.8 Å². The first kappa shape index (κ1) is 6.64. The van der Waals surface area contributed by atoms with Gasteiger partial charge in [-0.1, -0.05) is 5.18 Å². The van der Waals surface area contributed by atoms with Gasteiger partial charge in [0, 0.05) is 5.54 Å². The molecule has 0 bridgehead atoms. The van der Waals surface area contributed by atoms with E-state index >= 15 is 0 Å². The normalized spacial score (nSPS) is 25.1. The zero-order valence-corrected chi connectivity index (χ0v) is 5.08. The van der Waals surface area contributed by atoms with Gasteiger partial charge in [0.15, 0.2) is 0 Å². The first-order valence-corrected chi connectivity index (χ1v) is 2.95. The monoisotopic (exact) mass is 130 g/mol. The molecule has 0 aromatic heterocycles. The topological polar surface area (TPSA) is 75.7 Å². The third-order valence-electron chi connectivity index (χ3n) is 1.74. The van der Waals surface area contributed by atoms with Crippen molar-refractivity contribution in [2.45, 2.75) is 24.5 Å². The van der Waals surface area contributed by atoms with Crippen molar-refractivity contribution in [2.75, 3.05) is 6.54 Å². The lowest BCUT2D eigenvalue weighted by molar-refractivity contribution is 0.142. The van der Waals surface area contributed by atoms with Crippen molar-refractivity contribution < 1.29 is 5.11 Å². The summed E-state index contributed by atoms with van der Waals surface area (Å²) in [7, 11) is 0. The largest absolute Gasteiger partial charge is 0.389 e. The molecule has 1 aliphatic rings. The minimum Gasteiger partial charge on any atom is -0.389 e. The number of aliphatic hydroxyl groups excluding tert-OH is 1. The molecule has 0 saturated heterocycles. The van der Waals surface area contributed by atoms with Gasteiger partial charge in [-0.25, -0.2) is 0 Å². The molecule has 1 saturated carbocycles. The molecule has 1 unspecified atom stereocenters. The number of hydrogen-bond acceptors (Lipinski definition) is 4. The van der Waals surface area contributed by atoms with Crippen molar-refractivity contribution >= 4 is 0 Å². The molecular weight excluding hydrogens is 120 g/mol. The van der Waals surface area contributed by atoms with Gasteiger partial charge in [0.25, 0.3) is 0 Å². The Hall–Kier alpha value is -0.480. The molecule has 1 rings (SSSR count). The molecule has 0 aromatic carbocycles. The van der Waals surface area contributed by atoms with Crippen LogP contribution in [0.3, 0.4) is 0 Å². The first-order chi connectivity index (χ1) is 4.19. The Morgan fingerprint density at radius 2 is 2.33 bits per heavy atom. The molecule has 0 radical (unpaired) electrons. The highest BCUT2D eigenvalue weighted by atomic mass is 16.3. The molecule has 0 amide bonds. The Morgan fingerprint density at radius 1 is 1.78 bits per heavy atom. The van der Waals surface area contributed by atoms with Crippen molar-refractivity contribution in [3.63, 3.8) is 0 Å². The molecule has 4 heteroatoms. The predicted molar refractivity (Wildman–Crippen MR) is 32.8 cm³/mol. The van der Waals surface area contributed by atoms with Crippen LogP contribution in [0.2, 0.25) is 0 Å². The van der Waals surface area contributed by atoms with Gasteiger partial charge in [-0.2, -0.15) is 4.91 Å². The summed E-state index contributed by atoms with van der Waals surface area (Å²) in [5, 5.41) is 11.6. The van der Waals surface area contributed by atoms with Crippen LogP contribution in [0, 0.1) is 4.91 Å². The summed E-state index contributed by atoms with van der Waals surface area (Å²) in [6, 6.07) is 0. The summed E-state index contributed by atoms with van der Waals surface area (Å²) < 4.78 is 0. The van der Waals surface area contributed by atoms with Crippen LogP contribution in [0.25, 0.3) is 0 Å². The highest BCUT2D eigenvalue weighted by molar-refractivity contribution is 5.04. The van der Waals surface area contributed by atoms with Crippen LogP contribution in [0.4, 0.5) is 0 Å². The maximum Gasteiger partial charge on any atom is 0.109 e. The van der Waals surface area contributed by atoms with E-state index in [1.54, 1.807) is 0 Å². The van der Waals surface area contributed by atoms with Gasteiger partial charge in [-0.05, 0) is 12.8 Å². The van der Waals surface area contributed by atoms with Gasteiger partial charge in [0.2, 0.25) is 0 Å². The summed E-state index contributed by atoms with van der Waals surface area (Å²) in [5.74, 6) is 0. The quantitative estimate of drug-likeness (QED) is 0.510. The molecule has 0 spiro atoms. The standard InChI is InChI=1S/C5H10N2O2/c6-5(1-2-5)4(8)3-7-9/h4,8H,1-3,6H2. The van der Waals surface area contributed by atoms with Crippen LogP contribution in [0.15, 0.2) is 5.18 Å². The van der Waals surface area contributed by atoms with Crippen molar-refractivity contribution in [1.82, 2.24) is 0 Å². The van der Waals surface area contributed by atoms with Gasteiger partial charge in [-0.3, -0.25) is 0 Å². The average molecular weight is 130 g/mol. The third-order valence-corrected chi connectivity index (χ3v) is 1.74. The molecular formula is C5H10N2O2. The Labute approximate surface area is 53.0 Å². The van der Waals surface area contributed by atoms with E-state index in [-0.39, 0.29) is 6.54 Å². The molecule has 52 valence electrons. The van der Waals surface area contributed by atoms with Gasteiger partial charge in [0.05, 0.1) is 6.10 Å². The average Bonchev–Trinajstić information content (AvgIpc) is 2.50. The van der Waals surface area contributed by atoms with Crippen molar-refractivity contribution in [3.05, 3.63) is 4.91 Å². The first-order valence-electron chi connectivity index (χ1n) is 2.95.